The molecule has 0 spiro atoms. The number of H-pyrrole nitrogens is 1. The van der Waals surface area contributed by atoms with Crippen LogP contribution in [0.3, 0.4) is 0 Å². The number of amides is 1. The number of methoxy groups -OCH3 is 2. The van der Waals surface area contributed by atoms with Gasteiger partial charge in [0.15, 0.2) is 0 Å². The molecule has 0 bridgehead atoms. The van der Waals surface area contributed by atoms with E-state index in [1.54, 1.807) is 38.5 Å². The van der Waals surface area contributed by atoms with Crippen molar-refractivity contribution in [3.63, 3.8) is 0 Å². The number of carbonyl (C=O) groups is 1. The maximum atomic E-state index is 13.1. The first-order chi connectivity index (χ1) is 13.0. The van der Waals surface area contributed by atoms with Gasteiger partial charge in [0.25, 0.3) is 5.91 Å². The molecule has 0 aliphatic carbocycles. The van der Waals surface area contributed by atoms with Crippen LogP contribution in [0.4, 0.5) is 4.39 Å². The van der Waals surface area contributed by atoms with Gasteiger partial charge in [0.1, 0.15) is 23.0 Å². The Morgan fingerprint density at radius 3 is 2.70 bits per heavy atom. The maximum absolute atomic E-state index is 13.1. The number of aromatic nitrogens is 2. The number of ether oxygens (including phenoxy) is 2. The van der Waals surface area contributed by atoms with Crippen LogP contribution in [0.2, 0.25) is 5.02 Å². The van der Waals surface area contributed by atoms with E-state index in [-0.39, 0.29) is 23.2 Å². The summed E-state index contributed by atoms with van der Waals surface area (Å²) >= 11 is 5.97. The van der Waals surface area contributed by atoms with E-state index >= 15 is 0 Å². The third kappa shape index (κ3) is 4.20. The lowest BCUT2D eigenvalue weighted by Crippen LogP contribution is -2.23. The number of rotatable bonds is 6. The molecule has 2 aromatic carbocycles. The smallest absolute Gasteiger partial charge is 0.269 e. The van der Waals surface area contributed by atoms with Crippen molar-refractivity contribution in [2.45, 2.75) is 6.54 Å². The topological polar surface area (TPSA) is 76.2 Å². The monoisotopic (exact) mass is 389 g/mol. The minimum absolute atomic E-state index is 0.165. The van der Waals surface area contributed by atoms with Gasteiger partial charge in [-0.3, -0.25) is 9.89 Å². The zero-order valence-corrected chi connectivity index (χ0v) is 15.4. The Balaban J connectivity index is 1.74. The fourth-order valence-corrected chi connectivity index (χ4v) is 2.76. The van der Waals surface area contributed by atoms with Crippen LogP contribution in [0.25, 0.3) is 11.3 Å². The Kier molecular flexibility index (Phi) is 5.61. The third-order valence-corrected chi connectivity index (χ3v) is 4.31. The molecule has 0 saturated carbocycles. The minimum Gasteiger partial charge on any atom is -0.497 e. The van der Waals surface area contributed by atoms with E-state index in [4.69, 9.17) is 21.1 Å². The van der Waals surface area contributed by atoms with Gasteiger partial charge in [-0.15, -0.1) is 0 Å². The lowest BCUT2D eigenvalue weighted by Gasteiger charge is -2.08. The Morgan fingerprint density at radius 2 is 2.00 bits per heavy atom. The van der Waals surface area contributed by atoms with E-state index in [1.165, 1.54) is 18.2 Å². The normalized spacial score (nSPS) is 10.5. The lowest BCUT2D eigenvalue weighted by molar-refractivity contribution is 0.0946. The van der Waals surface area contributed by atoms with Crippen molar-refractivity contribution in [3.05, 3.63) is 64.6 Å². The van der Waals surface area contributed by atoms with Gasteiger partial charge in [0.2, 0.25) is 0 Å². The molecule has 1 heterocycles. The molecule has 0 atom stereocenters. The number of hydrogen-bond acceptors (Lipinski definition) is 4. The van der Waals surface area contributed by atoms with Gasteiger partial charge >= 0.3 is 0 Å². The summed E-state index contributed by atoms with van der Waals surface area (Å²) in [5, 5.41) is 9.85. The quantitative estimate of drug-likeness (QED) is 0.672. The molecule has 1 aromatic heterocycles. The van der Waals surface area contributed by atoms with E-state index in [9.17, 15) is 9.18 Å². The second-order valence-electron chi connectivity index (χ2n) is 5.65. The number of halogens is 2. The van der Waals surface area contributed by atoms with Gasteiger partial charge in [-0.2, -0.15) is 5.10 Å². The summed E-state index contributed by atoms with van der Waals surface area (Å²) in [7, 11) is 3.11. The molecule has 0 saturated heterocycles. The van der Waals surface area contributed by atoms with Crippen LogP contribution in [0.5, 0.6) is 11.5 Å². The van der Waals surface area contributed by atoms with Crippen molar-refractivity contribution in [1.82, 2.24) is 15.5 Å². The minimum atomic E-state index is -0.429. The molecule has 6 nitrogen and oxygen atoms in total. The first-order valence-corrected chi connectivity index (χ1v) is 8.39. The van der Waals surface area contributed by atoms with Crippen molar-refractivity contribution in [1.29, 1.82) is 0 Å². The fraction of sp³-hybridized carbons (Fsp3) is 0.158. The van der Waals surface area contributed by atoms with Crippen molar-refractivity contribution >= 4 is 17.5 Å². The highest BCUT2D eigenvalue weighted by Gasteiger charge is 2.15. The molecule has 27 heavy (non-hydrogen) atoms. The first-order valence-electron chi connectivity index (χ1n) is 8.01. The molecule has 3 rings (SSSR count). The molecule has 3 aromatic rings. The van der Waals surface area contributed by atoms with Crippen LogP contribution in [-0.2, 0) is 6.54 Å². The van der Waals surface area contributed by atoms with E-state index in [0.717, 1.165) is 5.56 Å². The van der Waals surface area contributed by atoms with E-state index < -0.39 is 5.82 Å². The summed E-state index contributed by atoms with van der Waals surface area (Å²) in [4.78, 5) is 12.3. The van der Waals surface area contributed by atoms with Gasteiger partial charge in [0, 0.05) is 23.2 Å². The molecule has 8 heteroatoms. The van der Waals surface area contributed by atoms with Gasteiger partial charge in [-0.25, -0.2) is 4.39 Å². The van der Waals surface area contributed by atoms with Crippen LogP contribution in [-0.4, -0.2) is 30.3 Å². The van der Waals surface area contributed by atoms with Crippen molar-refractivity contribution in [2.75, 3.05) is 14.2 Å². The largest absolute Gasteiger partial charge is 0.497 e. The van der Waals surface area contributed by atoms with Crippen LogP contribution >= 0.6 is 11.6 Å². The van der Waals surface area contributed by atoms with E-state index in [1.807, 2.05) is 0 Å². The summed E-state index contributed by atoms with van der Waals surface area (Å²) in [5.41, 5.74) is 2.17. The molecule has 0 fully saturated rings. The van der Waals surface area contributed by atoms with Gasteiger partial charge in [-0.1, -0.05) is 17.7 Å². The molecule has 2 N–H and O–H groups in total. The van der Waals surface area contributed by atoms with E-state index in [0.29, 0.717) is 22.8 Å². The SMILES string of the molecule is COc1ccc(-c2cc(C(=O)NCc3ccc(F)cc3Cl)[nH]n2)c(OC)c1. The summed E-state index contributed by atoms with van der Waals surface area (Å²) in [6, 6.07) is 11.0. The molecule has 0 radical (unpaired) electrons. The highest BCUT2D eigenvalue weighted by Crippen LogP contribution is 2.32. The number of benzene rings is 2. The van der Waals surface area contributed by atoms with Crippen molar-refractivity contribution in [3.8, 4) is 22.8 Å². The molecule has 0 aliphatic rings. The molecule has 1 amide bonds. The fourth-order valence-electron chi connectivity index (χ4n) is 2.52. The molecular weight excluding hydrogens is 373 g/mol. The highest BCUT2D eigenvalue weighted by atomic mass is 35.5. The number of nitrogens with one attached hydrogen (secondary N) is 2. The van der Waals surface area contributed by atoms with Gasteiger partial charge < -0.3 is 14.8 Å². The average molecular weight is 390 g/mol. The molecule has 0 aliphatic heterocycles. The number of hydrogen-bond donors (Lipinski definition) is 2. The standard InChI is InChI=1S/C19H17ClFN3O3/c1-26-13-5-6-14(18(8-13)27-2)16-9-17(24-23-16)19(25)22-10-11-3-4-12(21)7-15(11)20/h3-9H,10H2,1-2H3,(H,22,25)(H,23,24). The second-order valence-corrected chi connectivity index (χ2v) is 6.06. The molecule has 140 valence electrons. The average Bonchev–Trinajstić information content (AvgIpc) is 3.16. The summed E-state index contributed by atoms with van der Waals surface area (Å²) in [6.45, 7) is 0.165. The summed E-state index contributed by atoms with van der Waals surface area (Å²) in [5.74, 6) is 0.439. The highest BCUT2D eigenvalue weighted by molar-refractivity contribution is 6.31. The van der Waals surface area contributed by atoms with Gasteiger partial charge in [0.05, 0.1) is 19.9 Å². The second kappa shape index (κ2) is 8.09. The lowest BCUT2D eigenvalue weighted by atomic mass is 10.1. The predicted molar refractivity (Wildman–Crippen MR) is 99.7 cm³/mol. The summed E-state index contributed by atoms with van der Waals surface area (Å²) < 4.78 is 23.6. The number of aromatic amines is 1. The zero-order valence-electron chi connectivity index (χ0n) is 14.7. The Labute approximate surface area is 160 Å². The maximum Gasteiger partial charge on any atom is 0.269 e. The predicted octanol–water partition coefficient (Wildman–Crippen LogP) is 3.82. The summed E-state index contributed by atoms with van der Waals surface area (Å²) in [6.07, 6.45) is 0. The molecular formula is C19H17ClFN3O3. The van der Waals surface area contributed by atoms with Crippen LogP contribution in [0.15, 0.2) is 42.5 Å². The Hall–Kier alpha value is -3.06. The van der Waals surface area contributed by atoms with Crippen LogP contribution in [0.1, 0.15) is 16.1 Å². The van der Waals surface area contributed by atoms with E-state index in [2.05, 4.69) is 15.5 Å². The van der Waals surface area contributed by atoms with Crippen molar-refractivity contribution < 1.29 is 18.7 Å². The van der Waals surface area contributed by atoms with Crippen molar-refractivity contribution in [2.24, 2.45) is 0 Å². The molecule has 0 unspecified atom stereocenters. The Morgan fingerprint density at radius 1 is 1.19 bits per heavy atom. The van der Waals surface area contributed by atoms with Gasteiger partial charge in [-0.05, 0) is 35.9 Å². The number of nitrogens with zero attached hydrogens (tertiary/aromatic N) is 1. The third-order valence-electron chi connectivity index (χ3n) is 3.96. The van der Waals surface area contributed by atoms with Crippen LogP contribution in [0, 0.1) is 5.82 Å². The van der Waals surface area contributed by atoms with Crippen LogP contribution < -0.4 is 14.8 Å². The number of carbonyl (C=O) groups excluding carboxylic acids is 1. The Bertz CT molecular complexity index is 975. The first kappa shape index (κ1) is 18.7. The zero-order chi connectivity index (χ0) is 19.4.